The molecule has 2 aliphatic heterocycles. The number of likely N-dealkylation sites (N-methyl/N-ethyl adjacent to an activating group) is 1. The molecule has 2 fully saturated rings. The second kappa shape index (κ2) is 10.5. The van der Waals surface area contributed by atoms with Crippen LogP contribution in [0.4, 0.5) is 0 Å². The van der Waals surface area contributed by atoms with Crippen LogP contribution < -0.4 is 10.6 Å². The lowest BCUT2D eigenvalue weighted by atomic mass is 10.1. The number of rotatable bonds is 7. The Balaban J connectivity index is 1.49. The fourth-order valence-electron chi connectivity index (χ4n) is 3.77. The van der Waals surface area contributed by atoms with E-state index in [1.165, 1.54) is 42.8 Å². The van der Waals surface area contributed by atoms with Gasteiger partial charge in [-0.05, 0) is 50.6 Å². The highest BCUT2D eigenvalue weighted by molar-refractivity contribution is 8.00. The van der Waals surface area contributed by atoms with Gasteiger partial charge in [-0.15, -0.1) is 0 Å². The van der Waals surface area contributed by atoms with Crippen molar-refractivity contribution in [3.63, 3.8) is 0 Å². The summed E-state index contributed by atoms with van der Waals surface area (Å²) in [6, 6.07) is 8.98. The topological polar surface area (TPSA) is 42.9 Å². The van der Waals surface area contributed by atoms with Gasteiger partial charge in [0.25, 0.3) is 0 Å². The molecule has 6 heteroatoms. The maximum Gasteiger partial charge on any atom is 0.191 e. The van der Waals surface area contributed by atoms with Crippen LogP contribution in [0.25, 0.3) is 0 Å². The van der Waals surface area contributed by atoms with E-state index in [0.29, 0.717) is 11.3 Å². The number of benzene rings is 1. The molecule has 156 valence electrons. The van der Waals surface area contributed by atoms with Gasteiger partial charge in [0.05, 0.1) is 6.54 Å². The minimum Gasteiger partial charge on any atom is -0.357 e. The van der Waals surface area contributed by atoms with Gasteiger partial charge in [-0.2, -0.15) is 11.8 Å². The van der Waals surface area contributed by atoms with Crippen LogP contribution in [-0.2, 0) is 13.1 Å². The van der Waals surface area contributed by atoms with Crippen molar-refractivity contribution in [2.45, 2.75) is 44.5 Å². The molecule has 0 aromatic heterocycles. The number of aliphatic imine (C=N–C) groups is 1. The lowest BCUT2D eigenvalue weighted by molar-refractivity contribution is 0.148. The molecule has 0 aliphatic carbocycles. The Morgan fingerprint density at radius 1 is 1.11 bits per heavy atom. The molecular weight excluding hydrogens is 366 g/mol. The smallest absolute Gasteiger partial charge is 0.191 e. The van der Waals surface area contributed by atoms with Crippen molar-refractivity contribution in [3.8, 4) is 0 Å². The SMILES string of the molecule is CCNC(=NCc1ccc(CN2CCN(C)CC2)cc1)NCC1(C)CCCS1. The minimum absolute atomic E-state index is 0.348. The molecule has 0 radical (unpaired) electrons. The summed E-state index contributed by atoms with van der Waals surface area (Å²) in [5.74, 6) is 2.21. The van der Waals surface area contributed by atoms with E-state index in [1.807, 2.05) is 0 Å². The highest BCUT2D eigenvalue weighted by Crippen LogP contribution is 2.36. The van der Waals surface area contributed by atoms with Gasteiger partial charge in [0, 0.05) is 50.6 Å². The Kier molecular flexibility index (Phi) is 8.06. The van der Waals surface area contributed by atoms with E-state index in [4.69, 9.17) is 4.99 Å². The fourth-order valence-corrected chi connectivity index (χ4v) is 5.02. The van der Waals surface area contributed by atoms with E-state index in [2.05, 4.69) is 77.4 Å². The summed E-state index contributed by atoms with van der Waals surface area (Å²) in [7, 11) is 2.20. The monoisotopic (exact) mass is 403 g/mol. The second-order valence-corrected chi connectivity index (χ2v) is 10.0. The van der Waals surface area contributed by atoms with Crippen molar-refractivity contribution in [2.75, 3.05) is 52.1 Å². The van der Waals surface area contributed by atoms with Crippen molar-refractivity contribution in [2.24, 2.45) is 4.99 Å². The Labute approximate surface area is 175 Å². The van der Waals surface area contributed by atoms with Crippen LogP contribution in [0.5, 0.6) is 0 Å². The quantitative estimate of drug-likeness (QED) is 0.541. The van der Waals surface area contributed by atoms with Crippen LogP contribution in [0.3, 0.4) is 0 Å². The lowest BCUT2D eigenvalue weighted by Crippen LogP contribution is -2.43. The first-order valence-corrected chi connectivity index (χ1v) is 11.7. The van der Waals surface area contributed by atoms with E-state index in [9.17, 15) is 0 Å². The first-order valence-electron chi connectivity index (χ1n) is 10.7. The average Bonchev–Trinajstić information content (AvgIpc) is 3.14. The maximum absolute atomic E-state index is 4.80. The molecule has 0 bridgehead atoms. The molecule has 5 nitrogen and oxygen atoms in total. The Morgan fingerprint density at radius 3 is 2.46 bits per heavy atom. The zero-order valence-electron chi connectivity index (χ0n) is 17.8. The summed E-state index contributed by atoms with van der Waals surface area (Å²) in [6.45, 7) is 12.8. The Morgan fingerprint density at radius 2 is 1.82 bits per heavy atom. The lowest BCUT2D eigenvalue weighted by Gasteiger charge is -2.32. The molecule has 1 unspecified atom stereocenters. The molecule has 3 rings (SSSR count). The molecular formula is C22H37N5S. The predicted molar refractivity (Wildman–Crippen MR) is 122 cm³/mol. The second-order valence-electron chi connectivity index (χ2n) is 8.35. The van der Waals surface area contributed by atoms with Crippen LogP contribution in [0.2, 0.25) is 0 Å². The number of hydrogen-bond acceptors (Lipinski definition) is 4. The van der Waals surface area contributed by atoms with Crippen molar-refractivity contribution >= 4 is 17.7 Å². The number of guanidine groups is 1. The van der Waals surface area contributed by atoms with E-state index in [-0.39, 0.29) is 0 Å². The van der Waals surface area contributed by atoms with Crippen LogP contribution >= 0.6 is 11.8 Å². The fraction of sp³-hybridized carbons (Fsp3) is 0.682. The van der Waals surface area contributed by atoms with Crippen molar-refractivity contribution in [3.05, 3.63) is 35.4 Å². The summed E-state index contributed by atoms with van der Waals surface area (Å²) < 4.78 is 0.348. The zero-order valence-corrected chi connectivity index (χ0v) is 18.7. The first-order chi connectivity index (χ1) is 13.6. The summed E-state index contributed by atoms with van der Waals surface area (Å²) in [6.07, 6.45) is 2.62. The largest absolute Gasteiger partial charge is 0.357 e. The van der Waals surface area contributed by atoms with Crippen molar-refractivity contribution in [1.29, 1.82) is 0 Å². The highest BCUT2D eigenvalue weighted by atomic mass is 32.2. The van der Waals surface area contributed by atoms with Gasteiger partial charge in [-0.3, -0.25) is 4.90 Å². The molecule has 1 aromatic rings. The summed E-state index contributed by atoms with van der Waals surface area (Å²) in [4.78, 5) is 9.74. The molecule has 1 atom stereocenters. The zero-order chi connectivity index (χ0) is 19.8. The molecule has 0 amide bonds. The normalized spacial score (nSPS) is 24.5. The number of nitrogens with one attached hydrogen (secondary N) is 2. The Hall–Kier alpha value is -1.24. The third-order valence-electron chi connectivity index (χ3n) is 5.72. The van der Waals surface area contributed by atoms with Crippen molar-refractivity contribution < 1.29 is 0 Å². The van der Waals surface area contributed by atoms with E-state index < -0.39 is 0 Å². The van der Waals surface area contributed by atoms with Crippen LogP contribution in [-0.4, -0.2) is 72.6 Å². The van der Waals surface area contributed by atoms with Gasteiger partial charge >= 0.3 is 0 Å². The standard InChI is InChI=1S/C22H37N5S/c1-4-23-21(25-18-22(2)10-5-15-28-22)24-16-19-6-8-20(9-7-19)17-27-13-11-26(3)12-14-27/h6-9H,4-5,10-18H2,1-3H3,(H2,23,24,25). The van der Waals surface area contributed by atoms with Gasteiger partial charge in [-0.25, -0.2) is 4.99 Å². The molecule has 0 spiro atoms. The van der Waals surface area contributed by atoms with E-state index in [0.717, 1.165) is 38.7 Å². The third-order valence-corrected chi connectivity index (χ3v) is 7.26. The van der Waals surface area contributed by atoms with Gasteiger partial charge in [-0.1, -0.05) is 24.3 Å². The maximum atomic E-state index is 4.80. The summed E-state index contributed by atoms with van der Waals surface area (Å²) in [5.41, 5.74) is 2.66. The molecule has 1 aromatic carbocycles. The molecule has 28 heavy (non-hydrogen) atoms. The van der Waals surface area contributed by atoms with E-state index in [1.54, 1.807) is 0 Å². The van der Waals surface area contributed by atoms with Gasteiger partial charge in [0.2, 0.25) is 0 Å². The predicted octanol–water partition coefficient (Wildman–Crippen LogP) is 2.77. The summed E-state index contributed by atoms with van der Waals surface area (Å²) in [5, 5.41) is 6.93. The first kappa shape index (κ1) is 21.5. The minimum atomic E-state index is 0.348. The molecule has 0 saturated carbocycles. The molecule has 2 N–H and O–H groups in total. The third kappa shape index (κ3) is 6.68. The Bertz CT molecular complexity index is 616. The highest BCUT2D eigenvalue weighted by Gasteiger charge is 2.29. The van der Waals surface area contributed by atoms with Gasteiger partial charge < -0.3 is 15.5 Å². The number of hydrogen-bond donors (Lipinski definition) is 2. The van der Waals surface area contributed by atoms with E-state index >= 15 is 0 Å². The van der Waals surface area contributed by atoms with Crippen molar-refractivity contribution in [1.82, 2.24) is 20.4 Å². The number of piperazine rings is 1. The summed E-state index contributed by atoms with van der Waals surface area (Å²) >= 11 is 2.08. The van der Waals surface area contributed by atoms with Crippen LogP contribution in [0.15, 0.2) is 29.3 Å². The van der Waals surface area contributed by atoms with Gasteiger partial charge in [0.1, 0.15) is 0 Å². The average molecular weight is 404 g/mol. The van der Waals surface area contributed by atoms with Crippen LogP contribution in [0.1, 0.15) is 37.8 Å². The molecule has 2 heterocycles. The number of thioether (sulfide) groups is 1. The number of nitrogens with zero attached hydrogens (tertiary/aromatic N) is 3. The van der Waals surface area contributed by atoms with Gasteiger partial charge in [0.15, 0.2) is 5.96 Å². The molecule has 2 saturated heterocycles. The van der Waals surface area contributed by atoms with Crippen LogP contribution in [0, 0.1) is 0 Å². The molecule has 2 aliphatic rings.